The third-order valence-electron chi connectivity index (χ3n) is 6.26. The van der Waals surface area contributed by atoms with Gasteiger partial charge in [-0.3, -0.25) is 4.79 Å². The molecule has 2 saturated carbocycles. The average molecular weight is 366 g/mol. The van der Waals surface area contributed by atoms with Crippen LogP contribution in [0.5, 0.6) is 0 Å². The normalized spacial score (nSPS) is 35.6. The Morgan fingerprint density at radius 1 is 1.27 bits per heavy atom. The van der Waals surface area contributed by atoms with Gasteiger partial charge in [-0.1, -0.05) is 11.6 Å². The van der Waals surface area contributed by atoms with Crippen LogP contribution >= 0.6 is 0 Å². The van der Waals surface area contributed by atoms with Crippen molar-refractivity contribution in [2.24, 2.45) is 17.8 Å². The van der Waals surface area contributed by atoms with Gasteiger partial charge >= 0.3 is 5.97 Å². The molecule has 0 aromatic rings. The van der Waals surface area contributed by atoms with Crippen LogP contribution < -0.4 is 0 Å². The number of esters is 1. The Labute approximate surface area is 157 Å². The van der Waals surface area contributed by atoms with Crippen LogP contribution in [0.15, 0.2) is 11.6 Å². The van der Waals surface area contributed by atoms with Crippen molar-refractivity contribution < 1.29 is 23.7 Å². The molecule has 148 valence electrons. The fourth-order valence-corrected chi connectivity index (χ4v) is 4.96. The number of methoxy groups -OCH3 is 2. The first kappa shape index (κ1) is 19.8. The minimum Gasteiger partial charge on any atom is -0.469 e. The van der Waals surface area contributed by atoms with Crippen molar-refractivity contribution in [3.05, 3.63) is 11.6 Å². The minimum absolute atomic E-state index is 0.0136. The average Bonchev–Trinajstić information content (AvgIpc) is 3.18. The molecule has 0 spiro atoms. The summed E-state index contributed by atoms with van der Waals surface area (Å²) < 4.78 is 22.4. The van der Waals surface area contributed by atoms with Crippen molar-refractivity contribution in [1.29, 1.82) is 0 Å². The van der Waals surface area contributed by atoms with E-state index in [0.717, 1.165) is 51.7 Å². The van der Waals surface area contributed by atoms with E-state index < -0.39 is 0 Å². The van der Waals surface area contributed by atoms with Crippen LogP contribution in [0.1, 0.15) is 57.8 Å². The lowest BCUT2D eigenvalue weighted by Gasteiger charge is -2.30. The molecule has 0 aromatic heterocycles. The molecule has 5 nitrogen and oxygen atoms in total. The van der Waals surface area contributed by atoms with Crippen molar-refractivity contribution in [2.75, 3.05) is 27.4 Å². The largest absolute Gasteiger partial charge is 0.469 e. The number of hydrogen-bond donors (Lipinski definition) is 0. The van der Waals surface area contributed by atoms with Gasteiger partial charge in [0, 0.05) is 26.1 Å². The first-order valence-corrected chi connectivity index (χ1v) is 10.2. The smallest absolute Gasteiger partial charge is 0.305 e. The molecule has 2 unspecified atom stereocenters. The van der Waals surface area contributed by atoms with E-state index in [9.17, 15) is 4.79 Å². The number of carbonyl (C=O) groups is 1. The zero-order chi connectivity index (χ0) is 18.4. The molecule has 0 radical (unpaired) electrons. The van der Waals surface area contributed by atoms with Crippen molar-refractivity contribution in [1.82, 2.24) is 0 Å². The van der Waals surface area contributed by atoms with Crippen LogP contribution in [0.25, 0.3) is 0 Å². The number of ether oxygens (including phenoxy) is 4. The maximum atomic E-state index is 11.2. The summed E-state index contributed by atoms with van der Waals surface area (Å²) in [6.45, 7) is 1.60. The fourth-order valence-electron chi connectivity index (χ4n) is 4.96. The predicted molar refractivity (Wildman–Crippen MR) is 98.6 cm³/mol. The van der Waals surface area contributed by atoms with Gasteiger partial charge in [0.1, 0.15) is 0 Å². The molecule has 5 atom stereocenters. The molecule has 0 amide bonds. The third-order valence-corrected chi connectivity index (χ3v) is 6.26. The summed E-state index contributed by atoms with van der Waals surface area (Å²) in [6, 6.07) is 0. The van der Waals surface area contributed by atoms with Gasteiger partial charge < -0.3 is 18.9 Å². The second kappa shape index (κ2) is 9.86. The zero-order valence-corrected chi connectivity index (χ0v) is 16.3. The van der Waals surface area contributed by atoms with E-state index in [-0.39, 0.29) is 18.4 Å². The van der Waals surface area contributed by atoms with Crippen LogP contribution in [-0.2, 0) is 23.7 Å². The lowest BCUT2D eigenvalue weighted by atomic mass is 9.91. The molecule has 0 aromatic carbocycles. The van der Waals surface area contributed by atoms with Gasteiger partial charge in [-0.2, -0.15) is 0 Å². The highest BCUT2D eigenvalue weighted by Gasteiger charge is 2.48. The van der Waals surface area contributed by atoms with E-state index >= 15 is 0 Å². The highest BCUT2D eigenvalue weighted by molar-refractivity contribution is 5.69. The predicted octanol–water partition coefficient (Wildman–Crippen LogP) is 3.86. The first-order valence-electron chi connectivity index (χ1n) is 10.2. The van der Waals surface area contributed by atoms with Crippen molar-refractivity contribution in [3.8, 4) is 0 Å². The standard InChI is InChI=1S/C21H34O5/c1-23-14-18-17-12-15(7-3-4-8-20(22)24-2)11-16(17)13-19(18)26-21-9-5-6-10-25-21/h7,16-19,21H,3-6,8-14H2,1-2H3/b15-7+/t16?,17-,18+,19+,21?/m0/s1. The zero-order valence-electron chi connectivity index (χ0n) is 16.3. The molecule has 3 rings (SSSR count). The van der Waals surface area contributed by atoms with Crippen LogP contribution in [0.3, 0.4) is 0 Å². The molecule has 0 N–H and O–H groups in total. The summed E-state index contributed by atoms with van der Waals surface area (Å²) in [5, 5.41) is 0. The van der Waals surface area contributed by atoms with E-state index in [2.05, 4.69) is 6.08 Å². The van der Waals surface area contributed by atoms with Gasteiger partial charge in [0.2, 0.25) is 0 Å². The van der Waals surface area contributed by atoms with Gasteiger partial charge in [0.05, 0.1) is 19.8 Å². The molecule has 5 heteroatoms. The van der Waals surface area contributed by atoms with E-state index in [1.54, 1.807) is 12.7 Å². The summed E-state index contributed by atoms with van der Waals surface area (Å²) in [5.74, 6) is 1.72. The van der Waals surface area contributed by atoms with Crippen LogP contribution in [0.2, 0.25) is 0 Å². The monoisotopic (exact) mass is 366 g/mol. The Kier molecular flexibility index (Phi) is 7.52. The van der Waals surface area contributed by atoms with Crippen LogP contribution in [0, 0.1) is 17.8 Å². The van der Waals surface area contributed by atoms with Crippen LogP contribution in [-0.4, -0.2) is 45.8 Å². The van der Waals surface area contributed by atoms with Crippen molar-refractivity contribution in [2.45, 2.75) is 70.2 Å². The Morgan fingerprint density at radius 2 is 2.15 bits per heavy atom. The SMILES string of the molecule is COC[C@H]1[C@H](OC2CCCCO2)CC2C/C(=C\CCCC(=O)OC)C[C@@H]21. The second-order valence-electron chi connectivity index (χ2n) is 7.99. The fraction of sp³-hybridized carbons (Fsp3) is 0.857. The number of fused-ring (bicyclic) bond motifs is 1. The van der Waals surface area contributed by atoms with E-state index in [0.29, 0.717) is 24.2 Å². The summed E-state index contributed by atoms with van der Waals surface area (Å²) in [6.07, 6.45) is 11.8. The second-order valence-corrected chi connectivity index (χ2v) is 7.99. The van der Waals surface area contributed by atoms with Gasteiger partial charge in [-0.25, -0.2) is 0 Å². The molecule has 1 heterocycles. The molecule has 1 aliphatic heterocycles. The molecular weight excluding hydrogens is 332 g/mol. The molecule has 3 aliphatic rings. The number of carbonyl (C=O) groups excluding carboxylic acids is 1. The van der Waals surface area contributed by atoms with E-state index in [4.69, 9.17) is 18.9 Å². The number of unbranched alkanes of at least 4 members (excludes halogenated alkanes) is 1. The molecule has 3 fully saturated rings. The Balaban J connectivity index is 1.50. The lowest BCUT2D eigenvalue weighted by molar-refractivity contribution is -0.198. The van der Waals surface area contributed by atoms with E-state index in [1.165, 1.54) is 20.0 Å². The molecule has 2 aliphatic carbocycles. The van der Waals surface area contributed by atoms with Gasteiger partial charge in [-0.15, -0.1) is 0 Å². The third kappa shape index (κ3) is 5.08. The highest BCUT2D eigenvalue weighted by atomic mass is 16.7. The van der Waals surface area contributed by atoms with Crippen LogP contribution in [0.4, 0.5) is 0 Å². The summed E-state index contributed by atoms with van der Waals surface area (Å²) in [7, 11) is 3.24. The number of allylic oxidation sites excluding steroid dienone is 2. The number of rotatable bonds is 8. The van der Waals surface area contributed by atoms with Gasteiger partial charge in [0.15, 0.2) is 6.29 Å². The topological polar surface area (TPSA) is 54.0 Å². The summed E-state index contributed by atoms with van der Waals surface area (Å²) in [5.41, 5.74) is 1.55. The molecule has 1 saturated heterocycles. The molecule has 26 heavy (non-hydrogen) atoms. The Hall–Kier alpha value is -0.910. The summed E-state index contributed by atoms with van der Waals surface area (Å²) in [4.78, 5) is 11.2. The quantitative estimate of drug-likeness (QED) is 0.371. The first-order chi connectivity index (χ1) is 12.7. The van der Waals surface area contributed by atoms with Crippen molar-refractivity contribution >= 4 is 5.97 Å². The van der Waals surface area contributed by atoms with Gasteiger partial charge in [-0.05, 0) is 63.2 Å². The highest BCUT2D eigenvalue weighted by Crippen LogP contribution is 2.51. The van der Waals surface area contributed by atoms with Crippen molar-refractivity contribution in [3.63, 3.8) is 0 Å². The number of hydrogen-bond acceptors (Lipinski definition) is 5. The molecular formula is C21H34O5. The lowest BCUT2D eigenvalue weighted by Crippen LogP contribution is -2.33. The van der Waals surface area contributed by atoms with E-state index in [1.807, 2.05) is 0 Å². The van der Waals surface area contributed by atoms with Gasteiger partial charge in [0.25, 0.3) is 0 Å². The maximum Gasteiger partial charge on any atom is 0.305 e. The maximum absolute atomic E-state index is 11.2. The minimum atomic E-state index is -0.114. The molecule has 0 bridgehead atoms. The Morgan fingerprint density at radius 3 is 2.88 bits per heavy atom. The summed E-state index contributed by atoms with van der Waals surface area (Å²) >= 11 is 0. The Bertz CT molecular complexity index is 483.